The van der Waals surface area contributed by atoms with E-state index >= 15 is 0 Å². The van der Waals surface area contributed by atoms with Gasteiger partial charge in [0.1, 0.15) is 12.1 Å². The molecule has 0 aliphatic carbocycles. The Hall–Kier alpha value is -6.33. The van der Waals surface area contributed by atoms with Crippen molar-refractivity contribution in [3.05, 3.63) is 35.9 Å². The molecule has 0 bridgehead atoms. The molecular weight excluding hydrogens is 790 g/mol. The molecule has 59 heavy (non-hydrogen) atoms. The molecule has 0 unspecified atom stereocenters. The summed E-state index contributed by atoms with van der Waals surface area (Å²) in [4.78, 5) is 148. The standard InChI is InChI=1S/C36H43N5O18/c42-25(12-16-37-35(52)56-20-24-4-2-1-3-5-24)38-36(21-53-17-13-32(49)57-39-26(43)6-7-27(39)44,22-54-18-14-33(50)58-40-28(45)8-9-29(40)46)23-55-19-15-34(51)59-41-30(47)10-11-31(41)48/h1-5H,6-23H2,(H,37,52)(H,38,42). The fraction of sp³-hybridized carbons (Fsp3) is 0.528. The Morgan fingerprint density at radius 1 is 0.542 bits per heavy atom. The highest BCUT2D eigenvalue weighted by atomic mass is 16.7. The second kappa shape index (κ2) is 22.6. The summed E-state index contributed by atoms with van der Waals surface area (Å²) in [6, 6.07) is 8.84. The van der Waals surface area contributed by atoms with Crippen LogP contribution >= 0.6 is 0 Å². The number of ether oxygens (including phenoxy) is 4. The van der Waals surface area contributed by atoms with E-state index in [2.05, 4.69) is 10.6 Å². The van der Waals surface area contributed by atoms with Crippen LogP contribution in [0.3, 0.4) is 0 Å². The number of imide groups is 3. The van der Waals surface area contributed by atoms with Crippen LogP contribution in [0, 0.1) is 0 Å². The van der Waals surface area contributed by atoms with Crippen LogP contribution in [-0.2, 0) is 88.0 Å². The predicted molar refractivity (Wildman–Crippen MR) is 188 cm³/mol. The van der Waals surface area contributed by atoms with Crippen LogP contribution in [0.2, 0.25) is 0 Å². The van der Waals surface area contributed by atoms with E-state index in [0.29, 0.717) is 15.2 Å². The minimum absolute atomic E-state index is 0.0252. The van der Waals surface area contributed by atoms with Crippen LogP contribution in [0.5, 0.6) is 0 Å². The summed E-state index contributed by atoms with van der Waals surface area (Å²) in [6.45, 7) is -2.77. The maximum absolute atomic E-state index is 13.3. The number of hydrogen-bond donors (Lipinski definition) is 2. The minimum Gasteiger partial charge on any atom is -0.445 e. The van der Waals surface area contributed by atoms with E-state index in [1.165, 1.54) is 0 Å². The van der Waals surface area contributed by atoms with Crippen LogP contribution in [0.15, 0.2) is 30.3 Å². The first-order valence-corrected chi connectivity index (χ1v) is 18.4. The van der Waals surface area contributed by atoms with Crippen LogP contribution in [0.1, 0.15) is 69.8 Å². The first-order valence-electron chi connectivity index (χ1n) is 18.4. The van der Waals surface area contributed by atoms with Crippen molar-refractivity contribution in [2.45, 2.75) is 76.4 Å². The molecule has 3 aliphatic heterocycles. The van der Waals surface area contributed by atoms with Crippen LogP contribution in [0.4, 0.5) is 4.79 Å². The van der Waals surface area contributed by atoms with Gasteiger partial charge in [0.25, 0.3) is 35.4 Å². The van der Waals surface area contributed by atoms with E-state index in [9.17, 15) is 52.7 Å². The Bertz CT molecular complexity index is 1580. The smallest absolute Gasteiger partial charge is 0.407 e. The Morgan fingerprint density at radius 3 is 1.29 bits per heavy atom. The Kier molecular flexibility index (Phi) is 17.4. The Morgan fingerprint density at radius 2 is 0.915 bits per heavy atom. The number of rotatable bonds is 24. The van der Waals surface area contributed by atoms with Gasteiger partial charge >= 0.3 is 24.0 Å². The van der Waals surface area contributed by atoms with Gasteiger partial charge < -0.3 is 44.1 Å². The fourth-order valence-electron chi connectivity index (χ4n) is 5.33. The van der Waals surface area contributed by atoms with Gasteiger partial charge in [-0.3, -0.25) is 33.6 Å². The van der Waals surface area contributed by atoms with Crippen molar-refractivity contribution < 1.29 is 86.2 Å². The van der Waals surface area contributed by atoms with Gasteiger partial charge in [-0.2, -0.15) is 0 Å². The number of amides is 8. The highest BCUT2D eigenvalue weighted by Crippen LogP contribution is 2.16. The zero-order valence-corrected chi connectivity index (χ0v) is 31.8. The van der Waals surface area contributed by atoms with E-state index in [-0.39, 0.29) is 77.9 Å². The molecule has 0 atom stereocenters. The number of hydrogen-bond acceptors (Lipinski definition) is 18. The molecule has 23 nitrogen and oxygen atoms in total. The van der Waals surface area contributed by atoms with Gasteiger partial charge in [-0.15, -0.1) is 15.2 Å². The predicted octanol–water partition coefficient (Wildman–Crippen LogP) is -0.800. The summed E-state index contributed by atoms with van der Waals surface area (Å²) in [5.41, 5.74) is -0.931. The molecular formula is C36H43N5O18. The number of hydroxylamine groups is 6. The number of carbonyl (C=O) groups excluding carboxylic acids is 11. The lowest BCUT2D eigenvalue weighted by molar-refractivity contribution is -0.198. The van der Waals surface area contributed by atoms with Gasteiger partial charge in [0.15, 0.2) is 0 Å². The summed E-state index contributed by atoms with van der Waals surface area (Å²) < 4.78 is 22.2. The molecule has 1 aromatic rings. The average Bonchev–Trinajstić information content (AvgIpc) is 3.82. The lowest BCUT2D eigenvalue weighted by Crippen LogP contribution is -2.59. The summed E-state index contributed by atoms with van der Waals surface area (Å²) >= 11 is 0. The summed E-state index contributed by atoms with van der Waals surface area (Å²) in [6.07, 6.45) is -3.21. The largest absolute Gasteiger partial charge is 0.445 e. The lowest BCUT2D eigenvalue weighted by Gasteiger charge is -2.34. The maximum Gasteiger partial charge on any atom is 0.407 e. The lowest BCUT2D eigenvalue weighted by atomic mass is 10.0. The zero-order valence-electron chi connectivity index (χ0n) is 31.8. The Labute approximate surface area is 335 Å². The first-order chi connectivity index (χ1) is 28.2. The van der Waals surface area contributed by atoms with Gasteiger partial charge in [0.2, 0.25) is 5.91 Å². The normalized spacial score (nSPS) is 15.5. The molecule has 4 rings (SSSR count). The quantitative estimate of drug-likeness (QED) is 0.0952. The number of alkyl carbamates (subject to hydrolysis) is 1. The fourth-order valence-corrected chi connectivity index (χ4v) is 5.33. The molecule has 0 radical (unpaired) electrons. The zero-order chi connectivity index (χ0) is 42.8. The maximum atomic E-state index is 13.3. The van der Waals surface area contributed by atoms with Crippen LogP contribution < -0.4 is 10.6 Å². The van der Waals surface area contributed by atoms with E-state index in [0.717, 1.165) is 5.56 Å². The van der Waals surface area contributed by atoms with Crippen molar-refractivity contribution in [1.29, 1.82) is 0 Å². The monoisotopic (exact) mass is 833 g/mol. The molecule has 3 fully saturated rings. The first kappa shape index (κ1) is 45.4. The molecule has 23 heteroatoms. The van der Waals surface area contributed by atoms with Crippen molar-refractivity contribution in [3.63, 3.8) is 0 Å². The molecule has 3 saturated heterocycles. The summed E-state index contributed by atoms with van der Waals surface area (Å²) in [5.74, 6) is -7.78. The molecule has 0 aromatic heterocycles. The minimum atomic E-state index is -1.66. The highest BCUT2D eigenvalue weighted by Gasteiger charge is 2.37. The van der Waals surface area contributed by atoms with E-state index < -0.39 is 110 Å². The number of nitrogens with zero attached hydrogens (tertiary/aromatic N) is 3. The van der Waals surface area contributed by atoms with Crippen LogP contribution in [0.25, 0.3) is 0 Å². The van der Waals surface area contributed by atoms with Crippen molar-refractivity contribution in [1.82, 2.24) is 25.8 Å². The third-order valence-electron chi connectivity index (χ3n) is 8.32. The summed E-state index contributed by atoms with van der Waals surface area (Å²) in [5, 5.41) is 6.22. The van der Waals surface area contributed by atoms with Crippen molar-refractivity contribution in [2.75, 3.05) is 46.2 Å². The molecule has 2 N–H and O–H groups in total. The SMILES string of the molecule is O=C(CCNC(=O)OCc1ccccc1)NC(COCCC(=O)ON1C(=O)CCC1=O)(COCCC(=O)ON1C(=O)CCC1=O)COCCC(=O)ON1C(=O)CCC1=O. The molecule has 0 spiro atoms. The molecule has 320 valence electrons. The third kappa shape index (κ3) is 14.8. The number of nitrogens with one attached hydrogen (secondary N) is 2. The van der Waals surface area contributed by atoms with Crippen molar-refractivity contribution >= 4 is 65.4 Å². The molecule has 3 aliphatic rings. The second-order valence-electron chi connectivity index (χ2n) is 13.1. The van der Waals surface area contributed by atoms with Gasteiger partial charge in [0.05, 0.1) is 58.9 Å². The topological polar surface area (TPSA) is 286 Å². The van der Waals surface area contributed by atoms with Crippen LogP contribution in [-0.4, -0.2) is 132 Å². The molecule has 1 aromatic carbocycles. The molecule has 8 amide bonds. The number of carbonyl (C=O) groups is 11. The van der Waals surface area contributed by atoms with Crippen molar-refractivity contribution in [3.8, 4) is 0 Å². The summed E-state index contributed by atoms with van der Waals surface area (Å²) in [7, 11) is 0. The van der Waals surface area contributed by atoms with Crippen molar-refractivity contribution in [2.24, 2.45) is 0 Å². The van der Waals surface area contributed by atoms with Gasteiger partial charge in [0, 0.05) is 51.5 Å². The highest BCUT2D eigenvalue weighted by molar-refractivity contribution is 6.02. The van der Waals surface area contributed by atoms with E-state index in [1.807, 2.05) is 0 Å². The average molecular weight is 834 g/mol. The molecule has 0 saturated carbocycles. The van der Waals surface area contributed by atoms with Gasteiger partial charge in [-0.1, -0.05) is 30.3 Å². The third-order valence-corrected chi connectivity index (χ3v) is 8.32. The molecule has 3 heterocycles. The van der Waals surface area contributed by atoms with E-state index in [1.54, 1.807) is 30.3 Å². The second-order valence-corrected chi connectivity index (χ2v) is 13.1. The van der Waals surface area contributed by atoms with Gasteiger partial charge in [-0.05, 0) is 5.56 Å². The van der Waals surface area contributed by atoms with Gasteiger partial charge in [-0.25, -0.2) is 19.2 Å². The Balaban J connectivity index is 1.38. The number of benzene rings is 1. The van der Waals surface area contributed by atoms with E-state index in [4.69, 9.17) is 33.5 Å².